The van der Waals surface area contributed by atoms with Crippen LogP contribution in [0.3, 0.4) is 0 Å². The first-order valence-electron chi connectivity index (χ1n) is 6.91. The lowest BCUT2D eigenvalue weighted by atomic mass is 9.92. The number of nitrogens with zero attached hydrogens (tertiary/aromatic N) is 3. The molecule has 0 bridgehead atoms. The van der Waals surface area contributed by atoms with Crippen LogP contribution in [0.4, 0.5) is 0 Å². The van der Waals surface area contributed by atoms with Crippen molar-refractivity contribution in [2.45, 2.75) is 32.5 Å². The summed E-state index contributed by atoms with van der Waals surface area (Å²) in [4.78, 5) is 0. The second kappa shape index (κ2) is 5.24. The van der Waals surface area contributed by atoms with Gasteiger partial charge in [0.05, 0.1) is 23.6 Å². The molecule has 112 valence electrons. The van der Waals surface area contributed by atoms with Crippen LogP contribution in [0.5, 0.6) is 0 Å². The first-order valence-corrected chi connectivity index (χ1v) is 7.29. The van der Waals surface area contributed by atoms with Gasteiger partial charge in [-0.2, -0.15) is 10.4 Å². The topological polar surface area (TPSA) is 74.7 Å². The van der Waals surface area contributed by atoms with E-state index in [1.165, 1.54) is 4.68 Å². The van der Waals surface area contributed by atoms with E-state index in [9.17, 15) is 5.26 Å². The number of ether oxygens (including phenoxy) is 1. The molecule has 0 amide bonds. The second-order valence-electron chi connectivity index (χ2n) is 5.88. The lowest BCUT2D eigenvalue weighted by Gasteiger charge is -2.31. The van der Waals surface area contributed by atoms with Crippen molar-refractivity contribution in [3.63, 3.8) is 0 Å². The minimum absolute atomic E-state index is 0.0706. The van der Waals surface area contributed by atoms with E-state index in [0.29, 0.717) is 35.0 Å². The summed E-state index contributed by atoms with van der Waals surface area (Å²) in [6.07, 6.45) is 0.570. The maximum atomic E-state index is 9.49. The Morgan fingerprint density at radius 1 is 1.45 bits per heavy atom. The van der Waals surface area contributed by atoms with Crippen LogP contribution in [0.15, 0.2) is 24.3 Å². The maximum absolute atomic E-state index is 9.49. The fourth-order valence-corrected chi connectivity index (χ4v) is 2.77. The smallest absolute Gasteiger partial charge is 0.164 e. The third-order valence-electron chi connectivity index (χ3n) is 3.69. The van der Waals surface area contributed by atoms with E-state index < -0.39 is 0 Å². The molecule has 0 spiro atoms. The number of nitrogens with one attached hydrogen (secondary N) is 1. The van der Waals surface area contributed by atoms with Gasteiger partial charge in [-0.1, -0.05) is 17.7 Å². The summed E-state index contributed by atoms with van der Waals surface area (Å²) in [7, 11) is 0. The van der Waals surface area contributed by atoms with Crippen molar-refractivity contribution in [3.05, 3.63) is 51.6 Å². The minimum atomic E-state index is -0.352. The van der Waals surface area contributed by atoms with Gasteiger partial charge in [0.25, 0.3) is 0 Å². The fourth-order valence-electron chi connectivity index (χ4n) is 2.59. The second-order valence-corrected chi connectivity index (χ2v) is 6.31. The van der Waals surface area contributed by atoms with Crippen LogP contribution in [0.1, 0.15) is 30.7 Å². The Bertz CT molecular complexity index is 848. The van der Waals surface area contributed by atoms with E-state index in [-0.39, 0.29) is 11.1 Å². The predicted octanol–water partition coefficient (Wildman–Crippen LogP) is 2.73. The number of rotatable bonds is 1. The molecule has 0 fully saturated rings. The number of fused-ring (bicyclic) bond motifs is 1. The first-order chi connectivity index (χ1) is 10.4. The highest BCUT2D eigenvalue weighted by Gasteiger charge is 2.30. The zero-order valence-electron chi connectivity index (χ0n) is 12.4. The molecule has 2 heterocycles. The lowest BCUT2D eigenvalue weighted by Crippen LogP contribution is -2.37. The normalized spacial score (nSPS) is 15.9. The highest BCUT2D eigenvalue weighted by molar-refractivity contribution is 6.30. The van der Waals surface area contributed by atoms with E-state index in [1.807, 2.05) is 13.8 Å². The number of nitriles is 1. The van der Waals surface area contributed by atoms with Crippen LogP contribution in [-0.4, -0.2) is 15.4 Å². The average molecular weight is 315 g/mol. The Morgan fingerprint density at radius 2 is 2.23 bits per heavy atom. The highest BCUT2D eigenvalue weighted by Crippen LogP contribution is 2.27. The van der Waals surface area contributed by atoms with Gasteiger partial charge in [0.2, 0.25) is 0 Å². The Balaban J connectivity index is 2.24. The van der Waals surface area contributed by atoms with Crippen molar-refractivity contribution in [3.8, 4) is 11.8 Å². The largest absolute Gasteiger partial charge is 0.369 e. The third kappa shape index (κ3) is 2.52. The Labute approximate surface area is 133 Å². The van der Waals surface area contributed by atoms with Gasteiger partial charge in [0.15, 0.2) is 5.49 Å². The molecule has 1 aliphatic heterocycles. The van der Waals surface area contributed by atoms with Gasteiger partial charge in [0, 0.05) is 17.0 Å². The molecule has 1 aromatic heterocycles. The molecule has 3 rings (SSSR count). The van der Waals surface area contributed by atoms with Crippen LogP contribution in [-0.2, 0) is 17.8 Å². The summed E-state index contributed by atoms with van der Waals surface area (Å²) >= 11 is 6.01. The highest BCUT2D eigenvalue weighted by atomic mass is 35.5. The zero-order chi connectivity index (χ0) is 15.9. The van der Waals surface area contributed by atoms with Crippen LogP contribution >= 0.6 is 11.6 Å². The molecule has 0 radical (unpaired) electrons. The van der Waals surface area contributed by atoms with Crippen molar-refractivity contribution in [2.24, 2.45) is 0 Å². The fraction of sp³-hybridized carbons (Fsp3) is 0.312. The van der Waals surface area contributed by atoms with Crippen LogP contribution < -0.4 is 5.49 Å². The molecule has 22 heavy (non-hydrogen) atoms. The van der Waals surface area contributed by atoms with Crippen LogP contribution in [0.2, 0.25) is 5.02 Å². The zero-order valence-corrected chi connectivity index (χ0v) is 13.1. The molecule has 6 heteroatoms. The van der Waals surface area contributed by atoms with Gasteiger partial charge in [-0.25, -0.2) is 4.68 Å². The van der Waals surface area contributed by atoms with Gasteiger partial charge in [-0.05, 0) is 32.0 Å². The summed E-state index contributed by atoms with van der Waals surface area (Å²) < 4.78 is 7.21. The molecule has 0 unspecified atom stereocenters. The molecule has 0 saturated carbocycles. The predicted molar refractivity (Wildman–Crippen MR) is 81.7 cm³/mol. The molecular weight excluding hydrogens is 300 g/mol. The Kier molecular flexibility index (Phi) is 3.51. The molecular formula is C16H15ClN4O. The molecule has 1 aliphatic rings. The van der Waals surface area contributed by atoms with Crippen molar-refractivity contribution < 1.29 is 4.74 Å². The summed E-state index contributed by atoms with van der Waals surface area (Å²) in [5.74, 6) is 0. The van der Waals surface area contributed by atoms with E-state index in [0.717, 1.165) is 5.56 Å². The maximum Gasteiger partial charge on any atom is 0.164 e. The van der Waals surface area contributed by atoms with Crippen molar-refractivity contribution in [1.82, 2.24) is 9.78 Å². The first kappa shape index (κ1) is 14.8. The van der Waals surface area contributed by atoms with Crippen molar-refractivity contribution in [1.29, 1.82) is 10.7 Å². The minimum Gasteiger partial charge on any atom is -0.369 e. The number of halogens is 1. The summed E-state index contributed by atoms with van der Waals surface area (Å²) in [5.41, 5.74) is 2.23. The molecule has 5 nitrogen and oxygen atoms in total. The number of hydrogen-bond donors (Lipinski definition) is 1. The molecule has 2 aromatic rings. The van der Waals surface area contributed by atoms with E-state index in [1.54, 1.807) is 24.3 Å². The van der Waals surface area contributed by atoms with Gasteiger partial charge >= 0.3 is 0 Å². The standard InChI is InChI=1S/C16H15ClN4O/c1-16(2)7-12-13(8-18)15(19)21(20-14(12)9-22-16)11-5-3-4-10(17)6-11/h3-6,19H,7,9H2,1-2H3. The number of aromatic nitrogens is 2. The summed E-state index contributed by atoms with van der Waals surface area (Å²) in [5, 5.41) is 22.9. The molecule has 0 saturated heterocycles. The lowest BCUT2D eigenvalue weighted by molar-refractivity contribution is -0.0428. The van der Waals surface area contributed by atoms with Gasteiger partial charge in [-0.3, -0.25) is 5.41 Å². The van der Waals surface area contributed by atoms with Gasteiger partial charge < -0.3 is 4.74 Å². The molecule has 1 N–H and O–H groups in total. The van der Waals surface area contributed by atoms with E-state index >= 15 is 0 Å². The SMILES string of the molecule is CC1(C)Cc2c(nn(-c3cccc(Cl)c3)c(=N)c2C#N)CO1. The monoisotopic (exact) mass is 314 g/mol. The average Bonchev–Trinajstić information content (AvgIpc) is 2.46. The number of hydrogen-bond acceptors (Lipinski definition) is 4. The van der Waals surface area contributed by atoms with E-state index in [4.69, 9.17) is 21.7 Å². The summed E-state index contributed by atoms with van der Waals surface area (Å²) in [6, 6.07) is 9.21. The third-order valence-corrected chi connectivity index (χ3v) is 3.92. The molecule has 1 aromatic carbocycles. The molecule has 0 aliphatic carbocycles. The van der Waals surface area contributed by atoms with Gasteiger partial charge in [-0.15, -0.1) is 0 Å². The quantitative estimate of drug-likeness (QED) is 0.879. The van der Waals surface area contributed by atoms with Crippen LogP contribution in [0, 0.1) is 16.7 Å². The molecule has 0 atom stereocenters. The van der Waals surface area contributed by atoms with Gasteiger partial charge in [0.1, 0.15) is 11.6 Å². The Morgan fingerprint density at radius 3 is 2.91 bits per heavy atom. The van der Waals surface area contributed by atoms with E-state index in [2.05, 4.69) is 11.2 Å². The number of benzene rings is 1. The van der Waals surface area contributed by atoms with Crippen molar-refractivity contribution in [2.75, 3.05) is 0 Å². The summed E-state index contributed by atoms with van der Waals surface area (Å²) in [6.45, 7) is 4.27. The van der Waals surface area contributed by atoms with Crippen LogP contribution in [0.25, 0.3) is 5.69 Å². The Hall–Kier alpha value is -2.16. The van der Waals surface area contributed by atoms with Crippen molar-refractivity contribution >= 4 is 11.6 Å².